The van der Waals surface area contributed by atoms with E-state index in [0.29, 0.717) is 17.8 Å². The Morgan fingerprint density at radius 1 is 1.05 bits per heavy atom. The van der Waals surface area contributed by atoms with Crippen molar-refractivity contribution >= 4 is 11.9 Å². The normalized spacial score (nSPS) is 26.0. The van der Waals surface area contributed by atoms with E-state index in [0.717, 1.165) is 25.7 Å². The van der Waals surface area contributed by atoms with Gasteiger partial charge in [0.2, 0.25) is 0 Å². The third kappa shape index (κ3) is 3.51. The van der Waals surface area contributed by atoms with Gasteiger partial charge in [-0.1, -0.05) is 6.92 Å². The Labute approximate surface area is 132 Å². The van der Waals surface area contributed by atoms with Gasteiger partial charge < -0.3 is 14.2 Å². The van der Waals surface area contributed by atoms with Crippen LogP contribution in [-0.2, 0) is 23.8 Å². The molecule has 2 aliphatic carbocycles. The summed E-state index contributed by atoms with van der Waals surface area (Å²) in [5.41, 5.74) is 1.11. The van der Waals surface area contributed by atoms with E-state index in [1.165, 1.54) is 0 Å². The number of hydrogen-bond acceptors (Lipinski definition) is 5. The molecule has 0 aromatic heterocycles. The van der Waals surface area contributed by atoms with Crippen molar-refractivity contribution < 1.29 is 23.8 Å². The molecule has 0 heterocycles. The zero-order valence-corrected chi connectivity index (χ0v) is 13.9. The third-order valence-corrected chi connectivity index (χ3v) is 4.57. The molecule has 1 saturated carbocycles. The Kier molecular flexibility index (Phi) is 5.62. The summed E-state index contributed by atoms with van der Waals surface area (Å²) in [4.78, 5) is 24.9. The van der Waals surface area contributed by atoms with Gasteiger partial charge in [-0.2, -0.15) is 0 Å². The average Bonchev–Trinajstić information content (AvgIpc) is 3.07. The molecule has 0 saturated heterocycles. The fraction of sp³-hybridized carbons (Fsp3) is 0.765. The fourth-order valence-corrected chi connectivity index (χ4v) is 3.34. The maximum Gasteiger partial charge on any atom is 0.335 e. The van der Waals surface area contributed by atoms with Gasteiger partial charge in [-0.05, 0) is 51.4 Å². The highest BCUT2D eigenvalue weighted by Gasteiger charge is 2.46. The monoisotopic (exact) mass is 310 g/mol. The standard InChI is InChI=1S/C17H26O5/c1-5-10(2)21-16(18)14-12-6-7-13(8-12)15(14)17(19)22-11(3)9-20-4/h10-13H,5-9H2,1-4H3. The molecule has 0 aromatic rings. The lowest BCUT2D eigenvalue weighted by atomic mass is 9.91. The lowest BCUT2D eigenvalue weighted by Gasteiger charge is -2.21. The van der Waals surface area contributed by atoms with E-state index in [1.54, 1.807) is 14.0 Å². The van der Waals surface area contributed by atoms with Crippen molar-refractivity contribution in [2.45, 2.75) is 58.7 Å². The molecular formula is C17H26O5. The molecule has 4 atom stereocenters. The number of ether oxygens (including phenoxy) is 3. The SMILES string of the molecule is CCC(C)OC(=O)C1=C(C(=O)OC(C)COC)C2CCC1C2. The molecule has 0 spiro atoms. The Balaban J connectivity index is 2.16. The largest absolute Gasteiger partial charge is 0.459 e. The van der Waals surface area contributed by atoms with Crippen molar-refractivity contribution in [2.24, 2.45) is 11.8 Å². The van der Waals surface area contributed by atoms with Crippen LogP contribution in [0.4, 0.5) is 0 Å². The smallest absolute Gasteiger partial charge is 0.335 e. The number of hydrogen-bond donors (Lipinski definition) is 0. The van der Waals surface area contributed by atoms with Crippen molar-refractivity contribution in [2.75, 3.05) is 13.7 Å². The number of esters is 2. The van der Waals surface area contributed by atoms with Gasteiger partial charge in [-0.3, -0.25) is 0 Å². The Bertz CT molecular complexity index is 468. The fourth-order valence-electron chi connectivity index (χ4n) is 3.34. The van der Waals surface area contributed by atoms with Gasteiger partial charge in [0, 0.05) is 7.11 Å². The first kappa shape index (κ1) is 17.0. The number of rotatable bonds is 7. The topological polar surface area (TPSA) is 61.8 Å². The van der Waals surface area contributed by atoms with Crippen LogP contribution in [0, 0.1) is 11.8 Å². The molecular weight excluding hydrogens is 284 g/mol. The zero-order valence-electron chi connectivity index (χ0n) is 13.9. The van der Waals surface area contributed by atoms with E-state index in [4.69, 9.17) is 14.2 Å². The zero-order chi connectivity index (χ0) is 16.3. The Hall–Kier alpha value is -1.36. The maximum atomic E-state index is 12.4. The molecule has 0 N–H and O–H groups in total. The first-order chi connectivity index (χ1) is 10.5. The van der Waals surface area contributed by atoms with Crippen molar-refractivity contribution in [3.05, 3.63) is 11.1 Å². The maximum absolute atomic E-state index is 12.4. The van der Waals surface area contributed by atoms with Crippen molar-refractivity contribution in [1.82, 2.24) is 0 Å². The Morgan fingerprint density at radius 2 is 1.55 bits per heavy atom. The minimum atomic E-state index is -0.382. The van der Waals surface area contributed by atoms with E-state index in [1.807, 2.05) is 13.8 Å². The second-order valence-corrected chi connectivity index (χ2v) is 6.33. The molecule has 124 valence electrons. The van der Waals surface area contributed by atoms with Crippen molar-refractivity contribution in [3.8, 4) is 0 Å². The predicted octanol–water partition coefficient (Wildman–Crippen LogP) is 2.63. The summed E-state index contributed by atoms with van der Waals surface area (Å²) in [6, 6.07) is 0. The molecule has 0 amide bonds. The van der Waals surface area contributed by atoms with Crippen LogP contribution in [0.5, 0.6) is 0 Å². The summed E-state index contributed by atoms with van der Waals surface area (Å²) < 4.78 is 15.8. The third-order valence-electron chi connectivity index (χ3n) is 4.57. The summed E-state index contributed by atoms with van der Waals surface area (Å²) in [6.07, 6.45) is 3.08. The van der Waals surface area contributed by atoms with Crippen LogP contribution in [0.25, 0.3) is 0 Å². The van der Waals surface area contributed by atoms with Crippen LogP contribution in [-0.4, -0.2) is 37.9 Å². The van der Waals surface area contributed by atoms with E-state index >= 15 is 0 Å². The van der Waals surface area contributed by atoms with E-state index in [9.17, 15) is 9.59 Å². The van der Waals surface area contributed by atoms with Crippen LogP contribution >= 0.6 is 0 Å². The van der Waals surface area contributed by atoms with Gasteiger partial charge in [-0.15, -0.1) is 0 Å². The molecule has 2 aliphatic rings. The summed E-state index contributed by atoms with van der Waals surface area (Å²) in [5.74, 6) is -0.422. The van der Waals surface area contributed by atoms with Crippen LogP contribution in [0.15, 0.2) is 11.1 Å². The van der Waals surface area contributed by atoms with Crippen LogP contribution in [0.1, 0.15) is 46.5 Å². The number of carbonyl (C=O) groups is 2. The van der Waals surface area contributed by atoms with Crippen LogP contribution < -0.4 is 0 Å². The van der Waals surface area contributed by atoms with E-state index < -0.39 is 0 Å². The van der Waals surface area contributed by atoms with Gasteiger partial charge in [0.25, 0.3) is 0 Å². The highest BCUT2D eigenvalue weighted by molar-refractivity contribution is 6.02. The first-order valence-electron chi connectivity index (χ1n) is 8.12. The van der Waals surface area contributed by atoms with Crippen LogP contribution in [0.3, 0.4) is 0 Å². The highest BCUT2D eigenvalue weighted by Crippen LogP contribution is 2.49. The molecule has 5 heteroatoms. The van der Waals surface area contributed by atoms with Gasteiger partial charge in [0.05, 0.1) is 23.9 Å². The minimum absolute atomic E-state index is 0.135. The van der Waals surface area contributed by atoms with E-state index in [-0.39, 0.29) is 36.0 Å². The average molecular weight is 310 g/mol. The van der Waals surface area contributed by atoms with Crippen LogP contribution in [0.2, 0.25) is 0 Å². The number of fused-ring (bicyclic) bond motifs is 2. The minimum Gasteiger partial charge on any atom is -0.459 e. The Morgan fingerprint density at radius 3 is 2.00 bits per heavy atom. The summed E-state index contributed by atoms with van der Waals surface area (Å²) in [7, 11) is 1.57. The molecule has 0 aromatic carbocycles. The highest BCUT2D eigenvalue weighted by atomic mass is 16.6. The van der Waals surface area contributed by atoms with E-state index in [2.05, 4.69) is 0 Å². The molecule has 0 aliphatic heterocycles. The number of methoxy groups -OCH3 is 1. The lowest BCUT2D eigenvalue weighted by Crippen LogP contribution is -2.26. The first-order valence-corrected chi connectivity index (χ1v) is 8.12. The predicted molar refractivity (Wildman–Crippen MR) is 81.1 cm³/mol. The molecule has 2 rings (SSSR count). The molecule has 22 heavy (non-hydrogen) atoms. The lowest BCUT2D eigenvalue weighted by molar-refractivity contribution is -0.148. The summed E-state index contributed by atoms with van der Waals surface area (Å²) >= 11 is 0. The van der Waals surface area contributed by atoms with Crippen molar-refractivity contribution in [3.63, 3.8) is 0 Å². The summed E-state index contributed by atoms with van der Waals surface area (Å²) in [5, 5.41) is 0. The van der Waals surface area contributed by atoms with Crippen molar-refractivity contribution in [1.29, 1.82) is 0 Å². The van der Waals surface area contributed by atoms with Gasteiger partial charge in [0.1, 0.15) is 6.10 Å². The molecule has 5 nitrogen and oxygen atoms in total. The van der Waals surface area contributed by atoms with Gasteiger partial charge in [-0.25, -0.2) is 9.59 Å². The quantitative estimate of drug-likeness (QED) is 0.676. The van der Waals surface area contributed by atoms with Gasteiger partial charge >= 0.3 is 11.9 Å². The molecule has 1 fully saturated rings. The second-order valence-electron chi connectivity index (χ2n) is 6.33. The number of carbonyl (C=O) groups excluding carboxylic acids is 2. The molecule has 2 bridgehead atoms. The second kappa shape index (κ2) is 7.27. The molecule has 4 unspecified atom stereocenters. The molecule has 0 radical (unpaired) electrons. The summed E-state index contributed by atoms with van der Waals surface area (Å²) in [6.45, 7) is 5.96. The van der Waals surface area contributed by atoms with Gasteiger partial charge in [0.15, 0.2) is 0 Å².